The fraction of sp³-hybridized carbons (Fsp3) is 0.510. The SMILES string of the molecule is COC(=O)N[C@H](C(=O)N1CCC[C@H]1C(=O)Nc1cccc(-c2sc(-c3ccc(-c4cnc([C@@H]5CCCN5C(=O)[C@@H](NC(=O)OC)C(C)C)[nH]4)cc3)c3c2CC2(CCCC2)C3)c1)C(C)C. The van der Waals surface area contributed by atoms with Gasteiger partial charge >= 0.3 is 12.2 Å². The number of fused-ring (bicyclic) bond motifs is 1. The zero-order valence-electron chi connectivity index (χ0n) is 37.8. The first-order valence-corrected chi connectivity index (χ1v) is 23.6. The summed E-state index contributed by atoms with van der Waals surface area (Å²) in [6.07, 6.45) is 10.5. The predicted octanol–water partition coefficient (Wildman–Crippen LogP) is 8.49. The van der Waals surface area contributed by atoms with E-state index in [-0.39, 0.29) is 41.0 Å². The number of methoxy groups -OCH3 is 2. The molecule has 340 valence electrons. The van der Waals surface area contributed by atoms with Gasteiger partial charge in [-0.05, 0) is 109 Å². The van der Waals surface area contributed by atoms with Gasteiger partial charge in [-0.15, -0.1) is 11.3 Å². The molecular formula is C49H61N7O7S. The van der Waals surface area contributed by atoms with E-state index in [2.05, 4.69) is 57.3 Å². The van der Waals surface area contributed by atoms with Gasteiger partial charge in [0.1, 0.15) is 23.9 Å². The van der Waals surface area contributed by atoms with Crippen molar-refractivity contribution in [2.75, 3.05) is 32.6 Å². The standard InChI is InChI=1S/C49H61N7O7S/c1-28(2)39(53-47(60)62-5)45(58)55-22-10-14-37(55)43-50-27-36(52-43)30-16-18-31(19-17-30)41-34-25-49(20-7-8-21-49)26-35(34)42(64-41)32-12-9-13-33(24-32)51-44(57)38-15-11-23-56(38)46(59)40(29(3)4)54-48(61)63-6/h9,12-13,16-19,24,27-29,37-40H,7-8,10-11,14-15,20-23,25-26H2,1-6H3,(H,50,52)(H,51,57)(H,53,60)(H,54,61)/t37-,38-,39-,40-/m0/s1. The third-order valence-corrected chi connectivity index (χ3v) is 15.2. The first kappa shape index (κ1) is 44.9. The monoisotopic (exact) mass is 891 g/mol. The van der Waals surface area contributed by atoms with Crippen LogP contribution in [0.1, 0.15) is 102 Å². The zero-order chi connectivity index (χ0) is 45.3. The molecule has 0 radical (unpaired) electrons. The van der Waals surface area contributed by atoms with Crippen LogP contribution in [0, 0.1) is 17.3 Å². The number of carbonyl (C=O) groups excluding carboxylic acids is 5. The maximum absolute atomic E-state index is 13.9. The lowest BCUT2D eigenvalue weighted by Gasteiger charge is -2.30. The van der Waals surface area contributed by atoms with E-state index in [4.69, 9.17) is 14.5 Å². The third-order valence-electron chi connectivity index (χ3n) is 13.8. The summed E-state index contributed by atoms with van der Waals surface area (Å²) in [4.78, 5) is 79.6. The number of likely N-dealkylation sites (tertiary alicyclic amines) is 2. The lowest BCUT2D eigenvalue weighted by atomic mass is 9.83. The van der Waals surface area contributed by atoms with Crippen LogP contribution >= 0.6 is 11.3 Å². The molecule has 2 saturated heterocycles. The first-order valence-electron chi connectivity index (χ1n) is 22.8. The second-order valence-corrected chi connectivity index (χ2v) is 19.7. The van der Waals surface area contributed by atoms with Gasteiger partial charge < -0.3 is 40.2 Å². The van der Waals surface area contributed by atoms with E-state index in [1.165, 1.54) is 60.8 Å². The number of benzene rings is 2. The number of carbonyl (C=O) groups is 5. The van der Waals surface area contributed by atoms with Crippen LogP contribution in [-0.4, -0.2) is 95.1 Å². The van der Waals surface area contributed by atoms with Crippen molar-refractivity contribution in [2.45, 2.75) is 116 Å². The van der Waals surface area contributed by atoms with Crippen LogP contribution in [0.5, 0.6) is 0 Å². The number of hydrogen-bond donors (Lipinski definition) is 4. The fourth-order valence-corrected chi connectivity index (χ4v) is 11.8. The first-order chi connectivity index (χ1) is 30.8. The van der Waals surface area contributed by atoms with Gasteiger partial charge in [-0.25, -0.2) is 14.6 Å². The Morgan fingerprint density at radius 1 is 0.750 bits per heavy atom. The van der Waals surface area contributed by atoms with Gasteiger partial charge in [-0.3, -0.25) is 14.4 Å². The predicted molar refractivity (Wildman–Crippen MR) is 246 cm³/mol. The van der Waals surface area contributed by atoms with Crippen molar-refractivity contribution in [3.63, 3.8) is 0 Å². The number of anilines is 1. The molecule has 15 heteroatoms. The summed E-state index contributed by atoms with van der Waals surface area (Å²) in [5, 5.41) is 8.51. The van der Waals surface area contributed by atoms with Gasteiger partial charge in [0, 0.05) is 28.5 Å². The highest BCUT2D eigenvalue weighted by Gasteiger charge is 2.44. The van der Waals surface area contributed by atoms with Gasteiger partial charge in [0.05, 0.1) is 32.2 Å². The van der Waals surface area contributed by atoms with Crippen molar-refractivity contribution in [1.29, 1.82) is 0 Å². The molecule has 0 unspecified atom stereocenters. The molecule has 5 amide bonds. The number of alkyl carbamates (subject to hydrolysis) is 2. The van der Waals surface area contributed by atoms with E-state index in [1.807, 2.05) is 62.3 Å². The lowest BCUT2D eigenvalue weighted by molar-refractivity contribution is -0.139. The number of ether oxygens (including phenoxy) is 2. The molecule has 8 rings (SSSR count). The average molecular weight is 892 g/mol. The maximum atomic E-state index is 13.9. The Morgan fingerprint density at radius 2 is 1.33 bits per heavy atom. The molecule has 4 heterocycles. The molecule has 4 aliphatic rings. The van der Waals surface area contributed by atoms with E-state index in [1.54, 1.807) is 4.90 Å². The number of H-pyrrole nitrogens is 1. The quantitative estimate of drug-likeness (QED) is 0.110. The number of imidazole rings is 1. The van der Waals surface area contributed by atoms with Crippen LogP contribution in [0.15, 0.2) is 54.7 Å². The largest absolute Gasteiger partial charge is 0.453 e. The van der Waals surface area contributed by atoms with Crippen LogP contribution in [0.25, 0.3) is 32.1 Å². The molecule has 4 aromatic rings. The summed E-state index contributed by atoms with van der Waals surface area (Å²) >= 11 is 1.81. The zero-order valence-corrected chi connectivity index (χ0v) is 38.6. The summed E-state index contributed by atoms with van der Waals surface area (Å²) in [7, 11) is 2.56. The van der Waals surface area contributed by atoms with Crippen molar-refractivity contribution in [3.05, 3.63) is 71.7 Å². The second-order valence-electron chi connectivity index (χ2n) is 18.7. The molecule has 4 N–H and O–H groups in total. The molecule has 1 saturated carbocycles. The number of hydrogen-bond acceptors (Lipinski definition) is 9. The normalized spacial score (nSPS) is 19.8. The third kappa shape index (κ3) is 9.00. The van der Waals surface area contributed by atoms with E-state index >= 15 is 0 Å². The van der Waals surface area contributed by atoms with Crippen LogP contribution in [0.4, 0.5) is 15.3 Å². The van der Waals surface area contributed by atoms with E-state index in [0.29, 0.717) is 31.6 Å². The van der Waals surface area contributed by atoms with Crippen molar-refractivity contribution in [3.8, 4) is 32.1 Å². The van der Waals surface area contributed by atoms with Crippen LogP contribution < -0.4 is 16.0 Å². The van der Waals surface area contributed by atoms with E-state index < -0.39 is 30.3 Å². The van der Waals surface area contributed by atoms with Crippen molar-refractivity contribution in [1.82, 2.24) is 30.4 Å². The number of nitrogens with zero attached hydrogens (tertiary/aromatic N) is 3. The molecule has 2 aliphatic carbocycles. The summed E-state index contributed by atoms with van der Waals surface area (Å²) < 4.78 is 9.56. The second kappa shape index (κ2) is 18.8. The molecule has 14 nitrogen and oxygen atoms in total. The summed E-state index contributed by atoms with van der Waals surface area (Å²) in [6, 6.07) is 14.4. The molecule has 3 fully saturated rings. The smallest absolute Gasteiger partial charge is 0.407 e. The number of amides is 5. The van der Waals surface area contributed by atoms with E-state index in [9.17, 15) is 24.0 Å². The Hall–Kier alpha value is -5.70. The maximum Gasteiger partial charge on any atom is 0.407 e. The molecular weight excluding hydrogens is 831 g/mol. The van der Waals surface area contributed by atoms with Gasteiger partial charge in [0.2, 0.25) is 17.7 Å². The molecule has 64 heavy (non-hydrogen) atoms. The highest BCUT2D eigenvalue weighted by atomic mass is 32.1. The number of aromatic amines is 1. The molecule has 1 spiro atoms. The van der Waals surface area contributed by atoms with Crippen LogP contribution in [-0.2, 0) is 36.7 Å². The van der Waals surface area contributed by atoms with Crippen LogP contribution in [0.3, 0.4) is 0 Å². The lowest BCUT2D eigenvalue weighted by Crippen LogP contribution is -2.54. The number of rotatable bonds is 12. The van der Waals surface area contributed by atoms with Crippen molar-refractivity contribution >= 4 is 46.9 Å². The van der Waals surface area contributed by atoms with Gasteiger partial charge in [0.15, 0.2) is 0 Å². The summed E-state index contributed by atoms with van der Waals surface area (Å²) in [6.45, 7) is 8.57. The Morgan fingerprint density at radius 3 is 1.95 bits per heavy atom. The average Bonchev–Trinajstić information content (AvgIpc) is 4.16. The minimum absolute atomic E-state index is 0.114. The Bertz CT molecular complexity index is 2380. The minimum atomic E-state index is -0.800. The van der Waals surface area contributed by atoms with E-state index in [0.717, 1.165) is 53.9 Å². The van der Waals surface area contributed by atoms with Gasteiger partial charge in [-0.2, -0.15) is 0 Å². The number of thiophene rings is 1. The fourth-order valence-electron chi connectivity index (χ4n) is 10.4. The molecule has 2 aromatic carbocycles. The topological polar surface area (TPSA) is 175 Å². The molecule has 4 atom stereocenters. The highest BCUT2D eigenvalue weighted by molar-refractivity contribution is 7.19. The highest BCUT2D eigenvalue weighted by Crippen LogP contribution is 2.56. The Labute approximate surface area is 379 Å². The minimum Gasteiger partial charge on any atom is -0.453 e. The van der Waals surface area contributed by atoms with Gasteiger partial charge in [0.25, 0.3) is 0 Å². The number of aromatic nitrogens is 2. The Balaban J connectivity index is 1.01. The van der Waals surface area contributed by atoms with Gasteiger partial charge in [-0.1, -0.05) is 76.9 Å². The molecule has 0 bridgehead atoms. The number of nitrogens with one attached hydrogen (secondary N) is 4. The Kier molecular flexibility index (Phi) is 13.2. The molecule has 2 aliphatic heterocycles. The molecule has 2 aromatic heterocycles. The van der Waals surface area contributed by atoms with Crippen molar-refractivity contribution < 1.29 is 33.4 Å². The summed E-state index contributed by atoms with van der Waals surface area (Å²) in [5.41, 5.74) is 7.90. The summed E-state index contributed by atoms with van der Waals surface area (Å²) in [5.74, 6) is -0.233. The van der Waals surface area contributed by atoms with Crippen molar-refractivity contribution in [2.24, 2.45) is 17.3 Å². The van der Waals surface area contributed by atoms with Crippen LogP contribution in [0.2, 0.25) is 0 Å².